The molecule has 9 heteroatoms. The van der Waals surface area contributed by atoms with E-state index in [0.29, 0.717) is 39.5 Å². The quantitative estimate of drug-likeness (QED) is 0.342. The van der Waals surface area contributed by atoms with E-state index in [-0.39, 0.29) is 5.91 Å². The van der Waals surface area contributed by atoms with Crippen LogP contribution < -0.4 is 10.1 Å². The highest BCUT2D eigenvalue weighted by atomic mass is 35.5. The van der Waals surface area contributed by atoms with Gasteiger partial charge < -0.3 is 10.1 Å². The summed E-state index contributed by atoms with van der Waals surface area (Å²) >= 11 is 13.3. The number of aromatic nitrogens is 2. The first-order valence-corrected chi connectivity index (χ1v) is 10.8. The third-order valence-corrected chi connectivity index (χ3v) is 5.88. The maximum Gasteiger partial charge on any atom is 0.265 e. The van der Waals surface area contributed by atoms with Gasteiger partial charge in [-0.1, -0.05) is 35.3 Å². The van der Waals surface area contributed by atoms with Gasteiger partial charge in [-0.05, 0) is 47.3 Å². The number of rotatable bonds is 7. The second kappa shape index (κ2) is 9.51. The van der Waals surface area contributed by atoms with Crippen molar-refractivity contribution in [1.29, 1.82) is 0 Å². The number of ether oxygens (including phenoxy) is 1. The van der Waals surface area contributed by atoms with Gasteiger partial charge in [0.1, 0.15) is 18.2 Å². The predicted molar refractivity (Wildman–Crippen MR) is 121 cm³/mol. The van der Waals surface area contributed by atoms with Crippen molar-refractivity contribution in [3.05, 3.63) is 98.2 Å². The van der Waals surface area contributed by atoms with Crippen LogP contribution in [0.15, 0.2) is 66.3 Å². The minimum absolute atomic E-state index is 0.238. The molecular weight excluding hydrogens is 460 g/mol. The molecule has 0 radical (unpaired) electrons. The molecule has 31 heavy (non-hydrogen) atoms. The van der Waals surface area contributed by atoms with E-state index in [9.17, 15) is 9.18 Å². The third-order valence-electron chi connectivity index (χ3n) is 4.32. The van der Waals surface area contributed by atoms with Crippen molar-refractivity contribution in [2.45, 2.75) is 13.2 Å². The Labute approximate surface area is 192 Å². The molecule has 0 spiro atoms. The van der Waals surface area contributed by atoms with Crippen LogP contribution in [0.3, 0.4) is 0 Å². The Hall–Kier alpha value is -2.87. The van der Waals surface area contributed by atoms with Crippen LogP contribution in [-0.2, 0) is 13.2 Å². The zero-order chi connectivity index (χ0) is 21.8. The lowest BCUT2D eigenvalue weighted by atomic mass is 10.2. The molecule has 4 rings (SSSR count). The number of anilines is 1. The molecule has 158 valence electrons. The van der Waals surface area contributed by atoms with E-state index in [0.717, 1.165) is 11.1 Å². The first-order valence-electron chi connectivity index (χ1n) is 9.20. The van der Waals surface area contributed by atoms with Gasteiger partial charge >= 0.3 is 0 Å². The SMILES string of the molecule is O=C(Nc1cnn(Cc2ccc(F)cc2Cl)c1)c1cc(COc2cccc(Cl)c2)cs1. The Bertz CT molecular complexity index is 1220. The molecule has 0 saturated heterocycles. The molecule has 0 saturated carbocycles. The number of nitrogens with one attached hydrogen (secondary N) is 1. The summed E-state index contributed by atoms with van der Waals surface area (Å²) in [5, 5.41) is 9.84. The molecule has 0 aliphatic heterocycles. The van der Waals surface area contributed by atoms with Gasteiger partial charge in [0.2, 0.25) is 0 Å². The summed E-state index contributed by atoms with van der Waals surface area (Å²) in [5.41, 5.74) is 2.16. The van der Waals surface area contributed by atoms with Gasteiger partial charge in [-0.15, -0.1) is 11.3 Å². The van der Waals surface area contributed by atoms with Gasteiger partial charge in [0.15, 0.2) is 0 Å². The summed E-state index contributed by atoms with van der Waals surface area (Å²) in [6.07, 6.45) is 3.24. The highest BCUT2D eigenvalue weighted by molar-refractivity contribution is 7.12. The summed E-state index contributed by atoms with van der Waals surface area (Å²) in [5.74, 6) is 0.0344. The maximum atomic E-state index is 13.2. The summed E-state index contributed by atoms with van der Waals surface area (Å²) in [4.78, 5) is 13.1. The molecule has 1 N–H and O–H groups in total. The molecule has 0 unspecified atom stereocenters. The highest BCUT2D eigenvalue weighted by Gasteiger charge is 2.12. The summed E-state index contributed by atoms with van der Waals surface area (Å²) in [6.45, 7) is 0.694. The first kappa shape index (κ1) is 21.4. The van der Waals surface area contributed by atoms with Gasteiger partial charge in [-0.25, -0.2) is 4.39 Å². The molecule has 0 bridgehead atoms. The Morgan fingerprint density at radius 3 is 2.87 bits per heavy atom. The van der Waals surface area contributed by atoms with Crippen molar-refractivity contribution in [3.8, 4) is 5.75 Å². The van der Waals surface area contributed by atoms with Gasteiger partial charge in [-0.2, -0.15) is 5.10 Å². The van der Waals surface area contributed by atoms with E-state index in [1.165, 1.54) is 23.5 Å². The van der Waals surface area contributed by atoms with E-state index in [1.54, 1.807) is 41.3 Å². The third kappa shape index (κ3) is 5.64. The Kier molecular flexibility index (Phi) is 6.56. The standard InChI is InChI=1S/C22H16Cl2FN3O2S/c23-16-2-1-3-19(7-16)30-12-14-6-21(31-13-14)22(29)27-18-9-26-28(11-18)10-15-4-5-17(25)8-20(15)24/h1-9,11,13H,10,12H2,(H,27,29). The van der Waals surface area contributed by atoms with E-state index >= 15 is 0 Å². The van der Waals surface area contributed by atoms with Crippen molar-refractivity contribution in [3.63, 3.8) is 0 Å². The zero-order valence-electron chi connectivity index (χ0n) is 16.0. The van der Waals surface area contributed by atoms with Crippen LogP contribution in [0, 0.1) is 5.82 Å². The van der Waals surface area contributed by atoms with Crippen LogP contribution in [0.4, 0.5) is 10.1 Å². The van der Waals surface area contributed by atoms with Crippen LogP contribution >= 0.6 is 34.5 Å². The van der Waals surface area contributed by atoms with Crippen molar-refractivity contribution in [2.24, 2.45) is 0 Å². The minimum Gasteiger partial charge on any atom is -0.489 e. The molecule has 4 aromatic rings. The summed E-state index contributed by atoms with van der Waals surface area (Å²) in [7, 11) is 0. The van der Waals surface area contributed by atoms with Crippen molar-refractivity contribution >= 4 is 46.1 Å². The second-order valence-corrected chi connectivity index (χ2v) is 8.44. The normalized spacial score (nSPS) is 10.8. The smallest absolute Gasteiger partial charge is 0.265 e. The number of carbonyl (C=O) groups excluding carboxylic acids is 1. The number of amides is 1. The Balaban J connectivity index is 1.34. The topological polar surface area (TPSA) is 56.2 Å². The fourth-order valence-corrected chi connectivity index (χ4v) is 4.02. The largest absolute Gasteiger partial charge is 0.489 e. The molecule has 5 nitrogen and oxygen atoms in total. The molecular formula is C22H16Cl2FN3O2S. The van der Waals surface area contributed by atoms with Crippen LogP contribution in [0.25, 0.3) is 0 Å². The fourth-order valence-electron chi connectivity index (χ4n) is 2.83. The number of benzene rings is 2. The van der Waals surface area contributed by atoms with Gasteiger partial charge in [0.05, 0.1) is 23.3 Å². The zero-order valence-corrected chi connectivity index (χ0v) is 18.3. The van der Waals surface area contributed by atoms with E-state index in [4.69, 9.17) is 27.9 Å². The fraction of sp³-hybridized carbons (Fsp3) is 0.0909. The predicted octanol–water partition coefficient (Wildman–Crippen LogP) is 6.27. The number of thiophene rings is 1. The lowest BCUT2D eigenvalue weighted by Crippen LogP contribution is -2.09. The summed E-state index contributed by atoms with van der Waals surface area (Å²) in [6, 6.07) is 13.1. The maximum absolute atomic E-state index is 13.2. The Morgan fingerprint density at radius 2 is 2.06 bits per heavy atom. The average molecular weight is 476 g/mol. The molecule has 0 aliphatic rings. The van der Waals surface area contributed by atoms with Crippen LogP contribution in [0.1, 0.15) is 20.8 Å². The average Bonchev–Trinajstić information content (AvgIpc) is 3.38. The monoisotopic (exact) mass is 475 g/mol. The van der Waals surface area contributed by atoms with E-state index in [1.807, 2.05) is 17.5 Å². The number of hydrogen-bond donors (Lipinski definition) is 1. The van der Waals surface area contributed by atoms with E-state index < -0.39 is 5.82 Å². The van der Waals surface area contributed by atoms with Crippen LogP contribution in [-0.4, -0.2) is 15.7 Å². The van der Waals surface area contributed by atoms with Crippen molar-refractivity contribution in [1.82, 2.24) is 9.78 Å². The van der Waals surface area contributed by atoms with Gasteiger partial charge in [-0.3, -0.25) is 9.48 Å². The second-order valence-electron chi connectivity index (χ2n) is 6.68. The molecule has 0 fully saturated rings. The number of nitrogens with zero attached hydrogens (tertiary/aromatic N) is 2. The van der Waals surface area contributed by atoms with E-state index in [2.05, 4.69) is 10.4 Å². The number of hydrogen-bond acceptors (Lipinski definition) is 4. The van der Waals surface area contributed by atoms with Gasteiger partial charge in [0, 0.05) is 21.8 Å². The number of halogens is 3. The molecule has 1 amide bonds. The number of carbonyl (C=O) groups is 1. The minimum atomic E-state index is -0.393. The van der Waals surface area contributed by atoms with Crippen LogP contribution in [0.2, 0.25) is 10.0 Å². The summed E-state index contributed by atoms with van der Waals surface area (Å²) < 4.78 is 20.5. The first-order chi connectivity index (χ1) is 15.0. The Morgan fingerprint density at radius 1 is 1.19 bits per heavy atom. The van der Waals surface area contributed by atoms with Gasteiger partial charge in [0.25, 0.3) is 5.91 Å². The molecule has 2 aromatic heterocycles. The lowest BCUT2D eigenvalue weighted by molar-refractivity contribution is 0.103. The highest BCUT2D eigenvalue weighted by Crippen LogP contribution is 2.22. The molecule has 0 atom stereocenters. The van der Waals surface area contributed by atoms with Crippen LogP contribution in [0.5, 0.6) is 5.75 Å². The lowest BCUT2D eigenvalue weighted by Gasteiger charge is -2.05. The van der Waals surface area contributed by atoms with Crippen molar-refractivity contribution in [2.75, 3.05) is 5.32 Å². The molecule has 0 aliphatic carbocycles. The van der Waals surface area contributed by atoms with Crippen molar-refractivity contribution < 1.29 is 13.9 Å². The molecule has 2 aromatic carbocycles. The molecule has 2 heterocycles.